The second-order valence-electron chi connectivity index (χ2n) is 5.00. The molecule has 4 heteroatoms. The summed E-state index contributed by atoms with van der Waals surface area (Å²) >= 11 is 0. The zero-order valence-electron chi connectivity index (χ0n) is 12.3. The summed E-state index contributed by atoms with van der Waals surface area (Å²) in [6, 6.07) is 9.85. The second-order valence-corrected chi connectivity index (χ2v) is 5.00. The smallest absolute Gasteiger partial charge is 0.221 e. The minimum atomic E-state index is -0.0727. The minimum Gasteiger partial charge on any atom is -0.466 e. The largest absolute Gasteiger partial charge is 0.466 e. The van der Waals surface area contributed by atoms with Gasteiger partial charge < -0.3 is 15.1 Å². The molecule has 1 aromatic heterocycles. The summed E-state index contributed by atoms with van der Waals surface area (Å²) in [5, 5.41) is 6.19. The highest BCUT2D eigenvalue weighted by Gasteiger charge is 2.12. The van der Waals surface area contributed by atoms with Gasteiger partial charge in [0.1, 0.15) is 11.5 Å². The molecule has 0 saturated heterocycles. The Morgan fingerprint density at radius 1 is 1.20 bits per heavy atom. The third kappa shape index (κ3) is 3.41. The van der Waals surface area contributed by atoms with E-state index in [2.05, 4.69) is 17.6 Å². The second kappa shape index (κ2) is 5.82. The summed E-state index contributed by atoms with van der Waals surface area (Å²) in [4.78, 5) is 11.1. The lowest BCUT2D eigenvalue weighted by atomic mass is 10.1. The van der Waals surface area contributed by atoms with Crippen LogP contribution in [0.25, 0.3) is 0 Å². The maximum absolute atomic E-state index is 11.1. The Kier molecular flexibility index (Phi) is 4.13. The van der Waals surface area contributed by atoms with Crippen LogP contribution >= 0.6 is 0 Å². The van der Waals surface area contributed by atoms with E-state index in [0.29, 0.717) is 0 Å². The van der Waals surface area contributed by atoms with Crippen LogP contribution in [-0.4, -0.2) is 5.91 Å². The molecule has 2 N–H and O–H groups in total. The Balaban J connectivity index is 2.13. The van der Waals surface area contributed by atoms with E-state index in [1.807, 2.05) is 44.2 Å². The molecule has 0 aliphatic carbocycles. The maximum atomic E-state index is 11.1. The van der Waals surface area contributed by atoms with Crippen LogP contribution in [-0.2, 0) is 4.79 Å². The maximum Gasteiger partial charge on any atom is 0.221 e. The molecule has 4 nitrogen and oxygen atoms in total. The van der Waals surface area contributed by atoms with Gasteiger partial charge in [0.2, 0.25) is 5.91 Å². The third-order valence-corrected chi connectivity index (χ3v) is 3.11. The Labute approximate surface area is 119 Å². The van der Waals surface area contributed by atoms with E-state index < -0.39 is 0 Å². The van der Waals surface area contributed by atoms with Gasteiger partial charge in [-0.3, -0.25) is 4.79 Å². The topological polar surface area (TPSA) is 54.3 Å². The summed E-state index contributed by atoms with van der Waals surface area (Å²) in [5.74, 6) is 1.77. The first-order valence-electron chi connectivity index (χ1n) is 6.67. The quantitative estimate of drug-likeness (QED) is 0.883. The van der Waals surface area contributed by atoms with Crippen molar-refractivity contribution in [1.29, 1.82) is 0 Å². The summed E-state index contributed by atoms with van der Waals surface area (Å²) in [6.45, 7) is 7.50. The van der Waals surface area contributed by atoms with Gasteiger partial charge in [-0.1, -0.05) is 6.07 Å². The SMILES string of the molecule is CC(=O)Nc1cccc(NC(C)c2cc(C)oc2C)c1. The molecule has 0 aliphatic rings. The molecule has 0 bridgehead atoms. The molecule has 0 radical (unpaired) electrons. The molecule has 0 saturated carbocycles. The molecule has 2 rings (SSSR count). The van der Waals surface area contributed by atoms with Crippen molar-refractivity contribution < 1.29 is 9.21 Å². The number of benzene rings is 1. The van der Waals surface area contributed by atoms with Crippen molar-refractivity contribution in [3.8, 4) is 0 Å². The van der Waals surface area contributed by atoms with E-state index >= 15 is 0 Å². The third-order valence-electron chi connectivity index (χ3n) is 3.11. The predicted molar refractivity (Wildman–Crippen MR) is 81.0 cm³/mol. The monoisotopic (exact) mass is 272 g/mol. The average molecular weight is 272 g/mol. The number of carbonyl (C=O) groups excluding carboxylic acids is 1. The molecule has 1 atom stereocenters. The first kappa shape index (κ1) is 14.2. The van der Waals surface area contributed by atoms with Crippen LogP contribution < -0.4 is 10.6 Å². The van der Waals surface area contributed by atoms with Crippen molar-refractivity contribution in [2.24, 2.45) is 0 Å². The van der Waals surface area contributed by atoms with Gasteiger partial charge in [-0.2, -0.15) is 0 Å². The highest BCUT2D eigenvalue weighted by molar-refractivity contribution is 5.89. The number of nitrogens with one attached hydrogen (secondary N) is 2. The summed E-state index contributed by atoms with van der Waals surface area (Å²) in [5.41, 5.74) is 2.89. The van der Waals surface area contributed by atoms with E-state index in [4.69, 9.17) is 4.42 Å². The van der Waals surface area contributed by atoms with E-state index in [9.17, 15) is 4.79 Å². The van der Waals surface area contributed by atoms with E-state index in [0.717, 1.165) is 28.5 Å². The fourth-order valence-corrected chi connectivity index (χ4v) is 2.30. The van der Waals surface area contributed by atoms with Crippen LogP contribution in [0.2, 0.25) is 0 Å². The highest BCUT2D eigenvalue weighted by atomic mass is 16.3. The van der Waals surface area contributed by atoms with Crippen molar-refractivity contribution in [3.05, 3.63) is 47.4 Å². The van der Waals surface area contributed by atoms with E-state index in [-0.39, 0.29) is 11.9 Å². The number of aryl methyl sites for hydroxylation is 2. The zero-order chi connectivity index (χ0) is 14.7. The van der Waals surface area contributed by atoms with Gasteiger partial charge in [-0.05, 0) is 45.0 Å². The van der Waals surface area contributed by atoms with Gasteiger partial charge in [0.15, 0.2) is 0 Å². The van der Waals surface area contributed by atoms with Crippen molar-refractivity contribution in [2.75, 3.05) is 10.6 Å². The summed E-state index contributed by atoms with van der Waals surface area (Å²) in [6.07, 6.45) is 0. The average Bonchev–Trinajstić information content (AvgIpc) is 2.68. The Morgan fingerprint density at radius 2 is 1.90 bits per heavy atom. The van der Waals surface area contributed by atoms with Crippen LogP contribution in [0.1, 0.15) is 37.0 Å². The Hall–Kier alpha value is -2.23. The lowest BCUT2D eigenvalue weighted by Crippen LogP contribution is -2.08. The summed E-state index contributed by atoms with van der Waals surface area (Å²) < 4.78 is 5.55. The first-order chi connectivity index (χ1) is 9.45. The molecule has 1 unspecified atom stereocenters. The van der Waals surface area contributed by atoms with Crippen molar-refractivity contribution >= 4 is 17.3 Å². The molecule has 0 spiro atoms. The number of anilines is 2. The van der Waals surface area contributed by atoms with Crippen LogP contribution in [0.5, 0.6) is 0 Å². The van der Waals surface area contributed by atoms with Gasteiger partial charge in [0.25, 0.3) is 0 Å². The molecular formula is C16H20N2O2. The highest BCUT2D eigenvalue weighted by Crippen LogP contribution is 2.26. The number of furan rings is 1. The van der Waals surface area contributed by atoms with Gasteiger partial charge in [0.05, 0.1) is 6.04 Å². The number of hydrogen-bond acceptors (Lipinski definition) is 3. The lowest BCUT2D eigenvalue weighted by molar-refractivity contribution is -0.114. The molecule has 2 aromatic rings. The van der Waals surface area contributed by atoms with Crippen LogP contribution in [0, 0.1) is 13.8 Å². The minimum absolute atomic E-state index is 0.0727. The Morgan fingerprint density at radius 3 is 2.50 bits per heavy atom. The van der Waals surface area contributed by atoms with Crippen LogP contribution in [0.15, 0.2) is 34.7 Å². The fourth-order valence-electron chi connectivity index (χ4n) is 2.30. The summed E-state index contributed by atoms with van der Waals surface area (Å²) in [7, 11) is 0. The van der Waals surface area contributed by atoms with E-state index in [1.54, 1.807) is 0 Å². The van der Waals surface area contributed by atoms with Crippen LogP contribution in [0.4, 0.5) is 11.4 Å². The molecular weight excluding hydrogens is 252 g/mol. The van der Waals surface area contributed by atoms with E-state index in [1.165, 1.54) is 6.92 Å². The molecule has 1 amide bonds. The molecule has 0 fully saturated rings. The fraction of sp³-hybridized carbons (Fsp3) is 0.312. The Bertz CT molecular complexity index is 617. The molecule has 106 valence electrons. The predicted octanol–water partition coefficient (Wildman–Crippen LogP) is 4.03. The van der Waals surface area contributed by atoms with Gasteiger partial charge in [-0.15, -0.1) is 0 Å². The van der Waals surface area contributed by atoms with Crippen molar-refractivity contribution in [1.82, 2.24) is 0 Å². The van der Waals surface area contributed by atoms with Crippen molar-refractivity contribution in [2.45, 2.75) is 33.7 Å². The molecule has 1 aromatic carbocycles. The number of carbonyl (C=O) groups is 1. The van der Waals surface area contributed by atoms with Gasteiger partial charge >= 0.3 is 0 Å². The lowest BCUT2D eigenvalue weighted by Gasteiger charge is -2.15. The number of hydrogen-bond donors (Lipinski definition) is 2. The van der Waals surface area contributed by atoms with Crippen LogP contribution in [0.3, 0.4) is 0 Å². The standard InChI is InChI=1S/C16H20N2O2/c1-10-8-16(12(3)20-10)11(2)17-14-6-5-7-15(9-14)18-13(4)19/h5-9,11,17H,1-4H3,(H,18,19). The molecule has 1 heterocycles. The zero-order valence-corrected chi connectivity index (χ0v) is 12.3. The van der Waals surface area contributed by atoms with Crippen molar-refractivity contribution in [3.63, 3.8) is 0 Å². The van der Waals surface area contributed by atoms with Gasteiger partial charge in [0, 0.05) is 23.9 Å². The molecule has 0 aliphatic heterocycles. The number of amides is 1. The first-order valence-corrected chi connectivity index (χ1v) is 6.67. The normalized spacial score (nSPS) is 12.0. The molecule has 20 heavy (non-hydrogen) atoms. The van der Waals surface area contributed by atoms with Gasteiger partial charge in [-0.25, -0.2) is 0 Å². The number of rotatable bonds is 4.